The maximum Gasteiger partial charge on any atom is 0.238 e. The lowest BCUT2D eigenvalue weighted by Gasteiger charge is -2.19. The lowest BCUT2D eigenvalue weighted by Crippen LogP contribution is -2.25. The number of halogens is 1. The fourth-order valence-electron chi connectivity index (χ4n) is 1.91. The molecule has 1 aliphatic rings. The zero-order chi connectivity index (χ0) is 13.3. The summed E-state index contributed by atoms with van der Waals surface area (Å²) in [5.41, 5.74) is 0.627. The highest BCUT2D eigenvalue weighted by Gasteiger charge is 2.24. The van der Waals surface area contributed by atoms with E-state index in [0.29, 0.717) is 22.0 Å². The van der Waals surface area contributed by atoms with Crippen molar-refractivity contribution in [3.05, 3.63) is 23.2 Å². The summed E-state index contributed by atoms with van der Waals surface area (Å²) >= 11 is 7.96. The van der Waals surface area contributed by atoms with Crippen LogP contribution in [-0.2, 0) is 10.0 Å². The highest BCUT2D eigenvalue weighted by Crippen LogP contribution is 2.32. The normalized spacial score (nSPS) is 24.2. The highest BCUT2D eigenvalue weighted by molar-refractivity contribution is 8.00. The molecule has 100 valence electrons. The van der Waals surface area contributed by atoms with Gasteiger partial charge in [0, 0.05) is 11.3 Å². The molecule has 0 aromatic heterocycles. The summed E-state index contributed by atoms with van der Waals surface area (Å²) < 4.78 is 22.6. The van der Waals surface area contributed by atoms with Crippen molar-refractivity contribution >= 4 is 39.1 Å². The number of rotatable bonds is 3. The largest absolute Gasteiger partial charge is 0.380 e. The van der Waals surface area contributed by atoms with Gasteiger partial charge in [-0.25, -0.2) is 13.6 Å². The molecule has 1 aromatic carbocycles. The van der Waals surface area contributed by atoms with Crippen LogP contribution in [-0.4, -0.2) is 25.5 Å². The van der Waals surface area contributed by atoms with Crippen LogP contribution in [0.5, 0.6) is 0 Å². The number of hydrogen-bond acceptors (Lipinski definition) is 4. The molecule has 0 amide bonds. The number of primary sulfonamides is 1. The molecule has 2 unspecified atom stereocenters. The first-order chi connectivity index (χ1) is 8.38. The Morgan fingerprint density at radius 3 is 2.78 bits per heavy atom. The zero-order valence-corrected chi connectivity index (χ0v) is 12.3. The Kier molecular flexibility index (Phi) is 4.11. The summed E-state index contributed by atoms with van der Waals surface area (Å²) in [5, 5.41) is 9.40. The molecule has 7 heteroatoms. The van der Waals surface area contributed by atoms with E-state index >= 15 is 0 Å². The molecule has 0 radical (unpaired) electrons. The minimum Gasteiger partial charge on any atom is -0.380 e. The van der Waals surface area contributed by atoms with Gasteiger partial charge in [0.1, 0.15) is 0 Å². The van der Waals surface area contributed by atoms with E-state index in [1.54, 1.807) is 6.07 Å². The van der Waals surface area contributed by atoms with E-state index in [0.717, 1.165) is 12.2 Å². The summed E-state index contributed by atoms with van der Waals surface area (Å²) in [4.78, 5) is 0.0766. The molecule has 1 aliphatic heterocycles. The Morgan fingerprint density at radius 1 is 1.50 bits per heavy atom. The van der Waals surface area contributed by atoms with Crippen LogP contribution in [0.15, 0.2) is 23.1 Å². The van der Waals surface area contributed by atoms with Gasteiger partial charge >= 0.3 is 0 Å². The van der Waals surface area contributed by atoms with E-state index < -0.39 is 10.0 Å². The molecule has 3 N–H and O–H groups in total. The Morgan fingerprint density at radius 2 is 2.22 bits per heavy atom. The minimum atomic E-state index is -3.69. The number of nitrogens with two attached hydrogens (primary N) is 1. The third kappa shape index (κ3) is 3.12. The Balaban J connectivity index is 2.27. The van der Waals surface area contributed by atoms with E-state index in [9.17, 15) is 8.42 Å². The SMILES string of the molecule is CC1SCCC1Nc1cc(S(N)(=O)=O)ccc1Cl. The maximum absolute atomic E-state index is 11.3. The van der Waals surface area contributed by atoms with Crippen molar-refractivity contribution in [1.82, 2.24) is 0 Å². The van der Waals surface area contributed by atoms with Crippen molar-refractivity contribution in [3.63, 3.8) is 0 Å². The summed E-state index contributed by atoms with van der Waals surface area (Å²) in [5.74, 6) is 1.10. The van der Waals surface area contributed by atoms with Crippen LogP contribution < -0.4 is 10.5 Å². The molecule has 18 heavy (non-hydrogen) atoms. The molecule has 1 aromatic rings. The van der Waals surface area contributed by atoms with E-state index in [-0.39, 0.29) is 4.90 Å². The van der Waals surface area contributed by atoms with Crippen LogP contribution in [0.4, 0.5) is 5.69 Å². The summed E-state index contributed by atoms with van der Waals surface area (Å²) in [7, 11) is -3.69. The predicted molar refractivity (Wildman–Crippen MR) is 76.8 cm³/mol. The third-order valence-electron chi connectivity index (χ3n) is 2.98. The summed E-state index contributed by atoms with van der Waals surface area (Å²) in [6.07, 6.45) is 1.04. The van der Waals surface area contributed by atoms with Gasteiger partial charge in [-0.1, -0.05) is 18.5 Å². The molecule has 0 spiro atoms. The first kappa shape index (κ1) is 14.0. The number of sulfonamides is 1. The average molecular weight is 307 g/mol. The molecular weight excluding hydrogens is 292 g/mol. The first-order valence-electron chi connectivity index (χ1n) is 5.58. The van der Waals surface area contributed by atoms with Crippen LogP contribution >= 0.6 is 23.4 Å². The number of thioether (sulfide) groups is 1. The second-order valence-corrected chi connectivity index (χ2v) is 7.76. The van der Waals surface area contributed by atoms with Crippen LogP contribution in [0, 0.1) is 0 Å². The molecule has 1 saturated heterocycles. The second-order valence-electron chi connectivity index (χ2n) is 4.30. The standard InChI is InChI=1S/C11H15ClN2O2S2/c1-7-10(4-5-17-7)14-11-6-8(18(13,15)16)2-3-9(11)12/h2-3,6-7,10,14H,4-5H2,1H3,(H2,13,15,16). The predicted octanol–water partition coefficient (Wildman–Crippen LogP) is 2.29. The Hall–Kier alpha value is -0.430. The molecule has 2 atom stereocenters. The van der Waals surface area contributed by atoms with Crippen molar-refractivity contribution < 1.29 is 8.42 Å². The van der Waals surface area contributed by atoms with Gasteiger partial charge in [0.25, 0.3) is 0 Å². The van der Waals surface area contributed by atoms with E-state index in [1.165, 1.54) is 12.1 Å². The van der Waals surface area contributed by atoms with Crippen molar-refractivity contribution in [1.29, 1.82) is 0 Å². The van der Waals surface area contributed by atoms with Crippen LogP contribution in [0.3, 0.4) is 0 Å². The van der Waals surface area contributed by atoms with Crippen molar-refractivity contribution in [2.45, 2.75) is 29.5 Å². The van der Waals surface area contributed by atoms with Gasteiger partial charge in [-0.05, 0) is 30.4 Å². The average Bonchev–Trinajstić information content (AvgIpc) is 2.66. The van der Waals surface area contributed by atoms with Crippen molar-refractivity contribution in [3.8, 4) is 0 Å². The van der Waals surface area contributed by atoms with Crippen LogP contribution in [0.1, 0.15) is 13.3 Å². The zero-order valence-electron chi connectivity index (χ0n) is 9.89. The number of anilines is 1. The second kappa shape index (κ2) is 5.28. The van der Waals surface area contributed by atoms with Gasteiger partial charge in [-0.2, -0.15) is 11.8 Å². The summed E-state index contributed by atoms with van der Waals surface area (Å²) in [6, 6.07) is 4.77. The lowest BCUT2D eigenvalue weighted by atomic mass is 10.1. The first-order valence-corrected chi connectivity index (χ1v) is 8.56. The van der Waals surface area contributed by atoms with Gasteiger partial charge in [0.2, 0.25) is 10.0 Å². The smallest absolute Gasteiger partial charge is 0.238 e. The minimum absolute atomic E-state index is 0.0766. The monoisotopic (exact) mass is 306 g/mol. The Bertz CT molecular complexity index is 548. The molecule has 2 rings (SSSR count). The van der Waals surface area contributed by atoms with Crippen LogP contribution in [0.2, 0.25) is 5.02 Å². The maximum atomic E-state index is 11.3. The third-order valence-corrected chi connectivity index (χ3v) is 5.55. The fourth-order valence-corrected chi connectivity index (χ4v) is 3.82. The molecular formula is C11H15ClN2O2S2. The number of hydrogen-bond donors (Lipinski definition) is 2. The molecule has 1 heterocycles. The van der Waals surface area contributed by atoms with Gasteiger partial charge in [-0.15, -0.1) is 0 Å². The van der Waals surface area contributed by atoms with Crippen molar-refractivity contribution in [2.24, 2.45) is 5.14 Å². The lowest BCUT2D eigenvalue weighted by molar-refractivity contribution is 0.598. The van der Waals surface area contributed by atoms with E-state index in [1.807, 2.05) is 11.8 Å². The van der Waals surface area contributed by atoms with Crippen LogP contribution in [0.25, 0.3) is 0 Å². The van der Waals surface area contributed by atoms with Crippen molar-refractivity contribution in [2.75, 3.05) is 11.1 Å². The molecule has 4 nitrogen and oxygen atoms in total. The number of nitrogens with one attached hydrogen (secondary N) is 1. The quantitative estimate of drug-likeness (QED) is 0.899. The topological polar surface area (TPSA) is 72.2 Å². The molecule has 0 saturated carbocycles. The van der Waals surface area contributed by atoms with Gasteiger partial charge in [0.05, 0.1) is 15.6 Å². The Labute approximate surface area is 116 Å². The van der Waals surface area contributed by atoms with Gasteiger partial charge in [0.15, 0.2) is 0 Å². The van der Waals surface area contributed by atoms with Gasteiger partial charge < -0.3 is 5.32 Å². The number of benzene rings is 1. The molecule has 1 fully saturated rings. The van der Waals surface area contributed by atoms with E-state index in [4.69, 9.17) is 16.7 Å². The fraction of sp³-hybridized carbons (Fsp3) is 0.455. The van der Waals surface area contributed by atoms with E-state index in [2.05, 4.69) is 12.2 Å². The van der Waals surface area contributed by atoms with Gasteiger partial charge in [-0.3, -0.25) is 0 Å². The molecule has 0 aliphatic carbocycles. The molecule has 0 bridgehead atoms. The highest BCUT2D eigenvalue weighted by atomic mass is 35.5. The summed E-state index contributed by atoms with van der Waals surface area (Å²) in [6.45, 7) is 2.15.